The van der Waals surface area contributed by atoms with Gasteiger partial charge in [0.05, 0.1) is 12.8 Å². The van der Waals surface area contributed by atoms with Gasteiger partial charge in [-0.2, -0.15) is 0 Å². The van der Waals surface area contributed by atoms with Gasteiger partial charge in [-0.3, -0.25) is 4.52 Å². The minimum atomic E-state index is -3.19. The van der Waals surface area contributed by atoms with Gasteiger partial charge in [-0.05, 0) is 5.92 Å². The van der Waals surface area contributed by atoms with Gasteiger partial charge >= 0.3 is 7.60 Å². The van der Waals surface area contributed by atoms with Crippen molar-refractivity contribution in [3.8, 4) is 0 Å². The number of hydrogen-bond donors (Lipinski definition) is 0. The number of allylic oxidation sites excluding steroid dienone is 1. The molecule has 0 aliphatic rings. The van der Waals surface area contributed by atoms with Crippen molar-refractivity contribution in [2.24, 2.45) is 5.92 Å². The standard InChI is InChI=1S/C9H15Cl2O3P/c1-4-5-15(12,13-6-8(2)3)14-7-9(10)11/h4,7-8H,1,5-6H2,2-3H3. The van der Waals surface area contributed by atoms with Crippen molar-refractivity contribution in [2.45, 2.75) is 13.8 Å². The lowest BCUT2D eigenvalue weighted by Gasteiger charge is -2.16. The summed E-state index contributed by atoms with van der Waals surface area (Å²) in [7, 11) is -3.19. The highest BCUT2D eigenvalue weighted by Gasteiger charge is 2.23. The zero-order valence-corrected chi connectivity index (χ0v) is 11.2. The predicted octanol–water partition coefficient (Wildman–Crippen LogP) is 4.33. The first-order valence-corrected chi connectivity index (χ1v) is 6.92. The van der Waals surface area contributed by atoms with E-state index < -0.39 is 7.60 Å². The van der Waals surface area contributed by atoms with Crippen LogP contribution in [0, 0.1) is 5.92 Å². The van der Waals surface area contributed by atoms with E-state index in [9.17, 15) is 4.57 Å². The Balaban J connectivity index is 4.38. The summed E-state index contributed by atoms with van der Waals surface area (Å²) in [5.74, 6) is 0.266. The number of hydrogen-bond acceptors (Lipinski definition) is 3. The van der Waals surface area contributed by atoms with E-state index in [2.05, 4.69) is 6.58 Å². The fraction of sp³-hybridized carbons (Fsp3) is 0.556. The molecule has 1 atom stereocenters. The van der Waals surface area contributed by atoms with E-state index in [1.54, 1.807) is 0 Å². The van der Waals surface area contributed by atoms with Gasteiger partial charge in [0.2, 0.25) is 0 Å². The Morgan fingerprint density at radius 3 is 2.53 bits per heavy atom. The van der Waals surface area contributed by atoms with Gasteiger partial charge in [0.15, 0.2) is 0 Å². The van der Waals surface area contributed by atoms with Crippen LogP contribution in [0.15, 0.2) is 23.4 Å². The maximum atomic E-state index is 11.9. The highest BCUT2D eigenvalue weighted by molar-refractivity contribution is 7.54. The summed E-state index contributed by atoms with van der Waals surface area (Å²) in [4.78, 5) is 0. The Kier molecular flexibility index (Phi) is 7.37. The predicted molar refractivity (Wildman–Crippen MR) is 64.3 cm³/mol. The fourth-order valence-corrected chi connectivity index (χ4v) is 2.24. The van der Waals surface area contributed by atoms with Crippen molar-refractivity contribution in [3.63, 3.8) is 0 Å². The van der Waals surface area contributed by atoms with Gasteiger partial charge < -0.3 is 4.52 Å². The molecule has 0 aromatic rings. The largest absolute Gasteiger partial charge is 0.430 e. The van der Waals surface area contributed by atoms with Gasteiger partial charge in [-0.25, -0.2) is 4.57 Å². The van der Waals surface area contributed by atoms with Crippen molar-refractivity contribution in [1.82, 2.24) is 0 Å². The molecule has 0 spiro atoms. The Labute approximate surface area is 101 Å². The molecule has 1 unspecified atom stereocenters. The summed E-state index contributed by atoms with van der Waals surface area (Å²) >= 11 is 10.7. The van der Waals surface area contributed by atoms with Crippen LogP contribution in [0.4, 0.5) is 0 Å². The minimum absolute atomic E-state index is 0.104. The number of rotatable bonds is 7. The van der Waals surface area contributed by atoms with Crippen molar-refractivity contribution < 1.29 is 13.6 Å². The highest BCUT2D eigenvalue weighted by atomic mass is 35.5. The quantitative estimate of drug-likeness (QED) is 0.393. The first-order chi connectivity index (χ1) is 6.89. The van der Waals surface area contributed by atoms with E-state index in [1.165, 1.54) is 6.08 Å². The molecule has 0 radical (unpaired) electrons. The lowest BCUT2D eigenvalue weighted by atomic mass is 10.2. The smallest absolute Gasteiger partial charge is 0.382 e. The summed E-state index contributed by atoms with van der Waals surface area (Å²) < 4.78 is 21.9. The van der Waals surface area contributed by atoms with Crippen LogP contribution in [0.25, 0.3) is 0 Å². The third-order valence-electron chi connectivity index (χ3n) is 1.26. The molecule has 0 saturated carbocycles. The summed E-state index contributed by atoms with van der Waals surface area (Å²) in [5.41, 5.74) is 0. The third kappa shape index (κ3) is 7.92. The van der Waals surface area contributed by atoms with E-state index in [1.807, 2.05) is 13.8 Å². The lowest BCUT2D eigenvalue weighted by molar-refractivity contribution is 0.224. The monoisotopic (exact) mass is 272 g/mol. The Hall–Kier alpha value is 0.0500. The highest BCUT2D eigenvalue weighted by Crippen LogP contribution is 2.49. The third-order valence-corrected chi connectivity index (χ3v) is 3.11. The molecule has 0 aliphatic heterocycles. The first kappa shape index (κ1) is 15.0. The molecule has 3 nitrogen and oxygen atoms in total. The molecule has 0 saturated heterocycles. The lowest BCUT2D eigenvalue weighted by Crippen LogP contribution is -2.02. The van der Waals surface area contributed by atoms with Crippen LogP contribution in [0.3, 0.4) is 0 Å². The van der Waals surface area contributed by atoms with Crippen LogP contribution in [0.2, 0.25) is 0 Å². The van der Waals surface area contributed by atoms with Crippen LogP contribution < -0.4 is 0 Å². The van der Waals surface area contributed by atoms with Crippen molar-refractivity contribution in [2.75, 3.05) is 12.8 Å². The van der Waals surface area contributed by atoms with Gasteiger partial charge in [0, 0.05) is 0 Å². The van der Waals surface area contributed by atoms with E-state index in [0.29, 0.717) is 6.61 Å². The summed E-state index contributed by atoms with van der Waals surface area (Å²) in [6, 6.07) is 0. The molecule has 0 aliphatic carbocycles. The topological polar surface area (TPSA) is 35.5 Å². The van der Waals surface area contributed by atoms with Crippen molar-refractivity contribution in [3.05, 3.63) is 23.4 Å². The molecular formula is C9H15Cl2O3P. The van der Waals surface area contributed by atoms with E-state index >= 15 is 0 Å². The second kappa shape index (κ2) is 7.34. The zero-order valence-electron chi connectivity index (χ0n) is 8.78. The SMILES string of the molecule is C=CCP(=O)(OC=C(Cl)Cl)OCC(C)C. The Morgan fingerprint density at radius 1 is 1.53 bits per heavy atom. The van der Waals surface area contributed by atoms with Gasteiger partial charge in [-0.15, -0.1) is 6.58 Å². The van der Waals surface area contributed by atoms with E-state index in [-0.39, 0.29) is 16.6 Å². The summed E-state index contributed by atoms with van der Waals surface area (Å²) in [6.07, 6.45) is 2.60. The average molecular weight is 273 g/mol. The zero-order chi connectivity index (χ0) is 11.9. The molecule has 0 rings (SSSR count). The maximum absolute atomic E-state index is 11.9. The second-order valence-electron chi connectivity index (χ2n) is 3.28. The van der Waals surface area contributed by atoms with Gasteiger partial charge in [-0.1, -0.05) is 43.1 Å². The Morgan fingerprint density at radius 2 is 2.13 bits per heavy atom. The van der Waals surface area contributed by atoms with Crippen LogP contribution in [0.1, 0.15) is 13.8 Å². The second-order valence-corrected chi connectivity index (χ2v) is 6.35. The molecule has 0 N–H and O–H groups in total. The number of halogens is 2. The van der Waals surface area contributed by atoms with Gasteiger partial charge in [0.1, 0.15) is 10.8 Å². The maximum Gasteiger partial charge on any atom is 0.382 e. The van der Waals surface area contributed by atoms with Crippen LogP contribution in [-0.2, 0) is 13.6 Å². The van der Waals surface area contributed by atoms with Crippen LogP contribution in [0.5, 0.6) is 0 Å². The molecule has 0 fully saturated rings. The molecule has 88 valence electrons. The van der Waals surface area contributed by atoms with E-state index in [0.717, 1.165) is 6.26 Å². The molecule has 15 heavy (non-hydrogen) atoms. The van der Waals surface area contributed by atoms with Crippen molar-refractivity contribution >= 4 is 30.8 Å². The molecule has 0 amide bonds. The molecule has 6 heteroatoms. The van der Waals surface area contributed by atoms with Crippen LogP contribution in [-0.4, -0.2) is 12.8 Å². The molecule has 0 aromatic carbocycles. The molecule has 0 aromatic heterocycles. The van der Waals surface area contributed by atoms with Crippen LogP contribution >= 0.6 is 30.8 Å². The Bertz CT molecular complexity index is 273. The first-order valence-electron chi connectivity index (χ1n) is 4.43. The van der Waals surface area contributed by atoms with Crippen molar-refractivity contribution in [1.29, 1.82) is 0 Å². The fourth-order valence-electron chi connectivity index (χ4n) is 0.667. The molecule has 0 heterocycles. The van der Waals surface area contributed by atoms with Gasteiger partial charge in [0.25, 0.3) is 0 Å². The van der Waals surface area contributed by atoms with E-state index in [4.69, 9.17) is 32.2 Å². The minimum Gasteiger partial charge on any atom is -0.430 e. The molecular weight excluding hydrogens is 258 g/mol. The normalized spacial score (nSPS) is 14.5. The summed E-state index contributed by atoms with van der Waals surface area (Å²) in [6.45, 7) is 7.72. The average Bonchev–Trinajstić information content (AvgIpc) is 2.13. The summed E-state index contributed by atoms with van der Waals surface area (Å²) in [5, 5.41) is 0. The molecule has 0 bridgehead atoms.